The first kappa shape index (κ1) is 17.7. The number of imidazole rings is 1. The second-order valence-electron chi connectivity index (χ2n) is 6.75. The zero-order valence-electron chi connectivity index (χ0n) is 14.9. The Kier molecular flexibility index (Phi) is 3.83. The van der Waals surface area contributed by atoms with Crippen LogP contribution in [0.3, 0.4) is 0 Å². The Morgan fingerprint density at radius 1 is 1.14 bits per heavy atom. The molecule has 0 saturated carbocycles. The predicted molar refractivity (Wildman–Crippen MR) is 95.9 cm³/mol. The summed E-state index contributed by atoms with van der Waals surface area (Å²) < 4.78 is 55.1. The van der Waals surface area contributed by atoms with Crippen LogP contribution in [0.5, 0.6) is 0 Å². The number of aromatic nitrogens is 5. The van der Waals surface area contributed by atoms with E-state index < -0.39 is 23.7 Å². The third-order valence-electron chi connectivity index (χ3n) is 4.99. The number of nitrogens with one attached hydrogen (secondary N) is 1. The minimum Gasteiger partial charge on any atom is -0.348 e. The van der Waals surface area contributed by atoms with Gasteiger partial charge in [-0.1, -0.05) is 6.07 Å². The van der Waals surface area contributed by atoms with Crippen LogP contribution in [0.15, 0.2) is 48.9 Å². The van der Waals surface area contributed by atoms with Crippen LogP contribution in [0.1, 0.15) is 28.8 Å². The topological polar surface area (TPSA) is 62.1 Å². The van der Waals surface area contributed by atoms with E-state index in [1.54, 1.807) is 17.2 Å². The Balaban J connectivity index is 1.66. The average molecular weight is 402 g/mol. The number of H-pyrrole nitrogens is 1. The number of halogens is 4. The van der Waals surface area contributed by atoms with E-state index in [4.69, 9.17) is 0 Å². The third-order valence-corrected chi connectivity index (χ3v) is 4.99. The van der Waals surface area contributed by atoms with E-state index in [0.29, 0.717) is 24.4 Å². The first-order chi connectivity index (χ1) is 13.9. The normalized spacial score (nSPS) is 17.0. The Labute approximate surface area is 161 Å². The van der Waals surface area contributed by atoms with Crippen LogP contribution >= 0.6 is 0 Å². The summed E-state index contributed by atoms with van der Waals surface area (Å²) >= 11 is 0. The maximum atomic E-state index is 14.2. The summed E-state index contributed by atoms with van der Waals surface area (Å²) in [6, 6.07) is 7.63. The molecule has 1 N–H and O–H groups in total. The highest BCUT2D eigenvalue weighted by Crippen LogP contribution is 2.37. The van der Waals surface area contributed by atoms with Crippen LogP contribution in [0, 0.1) is 5.82 Å². The van der Waals surface area contributed by atoms with Crippen molar-refractivity contribution in [2.75, 3.05) is 11.4 Å². The van der Waals surface area contributed by atoms with Crippen molar-refractivity contribution in [3.8, 4) is 0 Å². The first-order valence-corrected chi connectivity index (χ1v) is 8.88. The number of alkyl halides is 3. The predicted octanol–water partition coefficient (Wildman–Crippen LogP) is 3.76. The van der Waals surface area contributed by atoms with Crippen molar-refractivity contribution < 1.29 is 17.6 Å². The summed E-state index contributed by atoms with van der Waals surface area (Å²) in [5, 5.41) is 4.45. The minimum atomic E-state index is -4.55. The van der Waals surface area contributed by atoms with Crippen LogP contribution in [0.25, 0.3) is 5.52 Å². The fourth-order valence-electron chi connectivity index (χ4n) is 3.70. The Morgan fingerprint density at radius 2 is 2.00 bits per heavy atom. The number of pyridine rings is 2. The number of hydrogen-bond acceptors (Lipinski definition) is 4. The molecular weight excluding hydrogens is 388 g/mol. The van der Waals surface area contributed by atoms with E-state index in [1.807, 2.05) is 0 Å². The number of rotatable bonds is 2. The number of nitrogens with zero attached hydrogens (tertiary/aromatic N) is 5. The van der Waals surface area contributed by atoms with Crippen molar-refractivity contribution in [3.63, 3.8) is 0 Å². The molecule has 148 valence electrons. The molecule has 10 heteroatoms. The summed E-state index contributed by atoms with van der Waals surface area (Å²) in [5.74, 6) is -0.274. The van der Waals surface area contributed by atoms with Gasteiger partial charge in [0.1, 0.15) is 28.9 Å². The highest BCUT2D eigenvalue weighted by molar-refractivity contribution is 5.54. The smallest absolute Gasteiger partial charge is 0.348 e. The van der Waals surface area contributed by atoms with Gasteiger partial charge in [0.15, 0.2) is 0 Å². The zero-order valence-corrected chi connectivity index (χ0v) is 14.9. The summed E-state index contributed by atoms with van der Waals surface area (Å²) in [5.41, 5.74) is 1.29. The molecule has 29 heavy (non-hydrogen) atoms. The van der Waals surface area contributed by atoms with Gasteiger partial charge in [-0.05, 0) is 30.3 Å². The largest absolute Gasteiger partial charge is 0.433 e. The van der Waals surface area contributed by atoms with Crippen LogP contribution in [0.4, 0.5) is 23.4 Å². The molecule has 4 aromatic heterocycles. The third kappa shape index (κ3) is 2.91. The lowest BCUT2D eigenvalue weighted by molar-refractivity contribution is -0.141. The van der Waals surface area contributed by atoms with Crippen molar-refractivity contribution >= 4 is 11.3 Å². The van der Waals surface area contributed by atoms with Crippen LogP contribution in [-0.2, 0) is 12.6 Å². The number of hydrogen-bond donors (Lipinski definition) is 1. The molecule has 0 aromatic carbocycles. The molecule has 5 heterocycles. The fourth-order valence-corrected chi connectivity index (χ4v) is 3.70. The Bertz CT molecular complexity index is 1190. The number of aromatic amines is 1. The highest BCUT2D eigenvalue weighted by Gasteiger charge is 2.36. The zero-order chi connectivity index (χ0) is 20.2. The van der Waals surface area contributed by atoms with Gasteiger partial charge in [-0.25, -0.2) is 18.9 Å². The van der Waals surface area contributed by atoms with E-state index in [9.17, 15) is 17.6 Å². The van der Waals surface area contributed by atoms with Crippen LogP contribution in [0.2, 0.25) is 0 Å². The van der Waals surface area contributed by atoms with Gasteiger partial charge >= 0.3 is 6.18 Å². The van der Waals surface area contributed by atoms with Crippen LogP contribution in [-0.4, -0.2) is 31.1 Å². The number of fused-ring (bicyclic) bond motifs is 2. The fraction of sp³-hybridized carbons (Fsp3) is 0.211. The van der Waals surface area contributed by atoms with Gasteiger partial charge in [0, 0.05) is 24.9 Å². The summed E-state index contributed by atoms with van der Waals surface area (Å²) in [7, 11) is 0. The van der Waals surface area contributed by atoms with Crippen molar-refractivity contribution in [1.29, 1.82) is 0 Å². The Morgan fingerprint density at radius 3 is 2.79 bits per heavy atom. The second-order valence-corrected chi connectivity index (χ2v) is 6.75. The molecule has 0 radical (unpaired) electrons. The monoisotopic (exact) mass is 402 g/mol. The lowest BCUT2D eigenvalue weighted by Gasteiger charge is -2.35. The van der Waals surface area contributed by atoms with E-state index in [2.05, 4.69) is 20.1 Å². The molecule has 0 fully saturated rings. The molecule has 4 aromatic rings. The first-order valence-electron chi connectivity index (χ1n) is 8.88. The van der Waals surface area contributed by atoms with Gasteiger partial charge in [0.05, 0.1) is 17.7 Å². The standard InChI is InChI=1S/C19H14F4N6/c20-11-3-2-7-29-14(11)9-13(27-29)18-17-12(24-10-25-17)6-8-28(18)16-5-1-4-15(26-16)19(21,22)23/h1-5,7,9-10,18H,6,8H2,(H,24,25). The van der Waals surface area contributed by atoms with Crippen molar-refractivity contribution in [2.24, 2.45) is 0 Å². The SMILES string of the molecule is Fc1cccn2nc(C3c4nc[nH]c4CCN3c3cccc(C(F)(F)F)n3)cc12. The molecule has 0 bridgehead atoms. The quantitative estimate of drug-likeness (QED) is 0.519. The van der Waals surface area contributed by atoms with Crippen LogP contribution < -0.4 is 4.90 Å². The van der Waals surface area contributed by atoms with Gasteiger partial charge in [-0.3, -0.25) is 0 Å². The summed E-state index contributed by atoms with van der Waals surface area (Å²) in [4.78, 5) is 13.0. The summed E-state index contributed by atoms with van der Waals surface area (Å²) in [6.07, 6.45) is -0.837. The van der Waals surface area contributed by atoms with Gasteiger partial charge in [0.2, 0.25) is 0 Å². The van der Waals surface area contributed by atoms with E-state index in [-0.39, 0.29) is 11.3 Å². The maximum absolute atomic E-state index is 14.2. The van der Waals surface area contributed by atoms with Crippen molar-refractivity contribution in [2.45, 2.75) is 18.6 Å². The molecule has 5 rings (SSSR count). The maximum Gasteiger partial charge on any atom is 0.433 e. The average Bonchev–Trinajstić information content (AvgIpc) is 3.34. The van der Waals surface area contributed by atoms with Crippen molar-refractivity contribution in [3.05, 3.63) is 77.5 Å². The molecule has 0 spiro atoms. The molecule has 1 atom stereocenters. The minimum absolute atomic E-state index is 0.163. The van der Waals surface area contributed by atoms with Gasteiger partial charge in [0.25, 0.3) is 0 Å². The second kappa shape index (κ2) is 6.29. The molecule has 0 amide bonds. The van der Waals surface area contributed by atoms with Gasteiger partial charge in [-0.15, -0.1) is 0 Å². The van der Waals surface area contributed by atoms with Gasteiger partial charge < -0.3 is 9.88 Å². The highest BCUT2D eigenvalue weighted by atomic mass is 19.4. The molecule has 1 unspecified atom stereocenters. The number of anilines is 1. The molecule has 0 aliphatic carbocycles. The molecular formula is C19H14F4N6. The lowest BCUT2D eigenvalue weighted by atomic mass is 9.99. The molecule has 6 nitrogen and oxygen atoms in total. The van der Waals surface area contributed by atoms with Gasteiger partial charge in [-0.2, -0.15) is 18.3 Å². The van der Waals surface area contributed by atoms with E-state index >= 15 is 0 Å². The molecule has 0 saturated heterocycles. The van der Waals surface area contributed by atoms with E-state index in [1.165, 1.54) is 35.1 Å². The van der Waals surface area contributed by atoms with Crippen molar-refractivity contribution in [1.82, 2.24) is 24.6 Å². The Hall–Kier alpha value is -3.43. The lowest BCUT2D eigenvalue weighted by Crippen LogP contribution is -2.37. The van der Waals surface area contributed by atoms with E-state index in [0.717, 1.165) is 11.8 Å². The molecule has 1 aliphatic heterocycles. The summed E-state index contributed by atoms with van der Waals surface area (Å²) in [6.45, 7) is 0.407. The molecule has 1 aliphatic rings.